The Bertz CT molecular complexity index is 1070. The van der Waals surface area contributed by atoms with Gasteiger partial charge in [0, 0.05) is 66.8 Å². The van der Waals surface area contributed by atoms with Crippen LogP contribution in [0.3, 0.4) is 0 Å². The zero-order valence-corrected chi connectivity index (χ0v) is 19.5. The minimum absolute atomic E-state index is 0.106. The molecule has 2 aliphatic heterocycles. The molecule has 0 N–H and O–H groups in total. The summed E-state index contributed by atoms with van der Waals surface area (Å²) in [6.45, 7) is 7.01. The van der Waals surface area contributed by atoms with Crippen molar-refractivity contribution in [3.05, 3.63) is 60.6 Å². The largest absolute Gasteiger partial charge is 0.494 e. The van der Waals surface area contributed by atoms with Gasteiger partial charge in [0.15, 0.2) is 0 Å². The standard InChI is InChI=1S/C27H34N4O2/c1-21-4-2-14-29(21)15-3-19-33-25-5-6-26-23(20-25)9-18-31(26)24-10-16-30(17-11-24)27(32)22-7-12-28-13-8-22/h5-9,12-13,18,20-21,24H,2-4,10-11,14-17,19H2,1H3/t21-/m1/s1. The molecule has 0 spiro atoms. The number of fused-ring (bicyclic) bond motifs is 1. The molecule has 0 unspecified atom stereocenters. The van der Waals surface area contributed by atoms with Gasteiger partial charge in [-0.25, -0.2) is 0 Å². The van der Waals surface area contributed by atoms with Gasteiger partial charge in [-0.2, -0.15) is 0 Å². The van der Waals surface area contributed by atoms with Crippen molar-refractivity contribution in [3.8, 4) is 5.75 Å². The summed E-state index contributed by atoms with van der Waals surface area (Å²) in [4.78, 5) is 21.3. The lowest BCUT2D eigenvalue weighted by atomic mass is 10.0. The van der Waals surface area contributed by atoms with Gasteiger partial charge in [0.25, 0.3) is 5.91 Å². The SMILES string of the molecule is C[C@@H]1CCCN1CCCOc1ccc2c(ccn2C2CCN(C(=O)c3ccncc3)CC2)c1. The van der Waals surface area contributed by atoms with Crippen LogP contribution < -0.4 is 4.74 Å². The number of aromatic nitrogens is 2. The van der Waals surface area contributed by atoms with Gasteiger partial charge in [0.05, 0.1) is 6.61 Å². The number of carbonyl (C=O) groups excluding carboxylic acids is 1. The maximum absolute atomic E-state index is 12.7. The van der Waals surface area contributed by atoms with Crippen molar-refractivity contribution in [3.63, 3.8) is 0 Å². The quantitative estimate of drug-likeness (QED) is 0.491. The summed E-state index contributed by atoms with van der Waals surface area (Å²) < 4.78 is 8.44. The highest BCUT2D eigenvalue weighted by Crippen LogP contribution is 2.30. The van der Waals surface area contributed by atoms with Gasteiger partial charge < -0.3 is 19.1 Å². The maximum Gasteiger partial charge on any atom is 0.253 e. The first-order valence-corrected chi connectivity index (χ1v) is 12.4. The Morgan fingerprint density at radius 2 is 1.88 bits per heavy atom. The van der Waals surface area contributed by atoms with E-state index in [1.165, 1.54) is 30.3 Å². The summed E-state index contributed by atoms with van der Waals surface area (Å²) >= 11 is 0. The molecule has 5 rings (SSSR count). The summed E-state index contributed by atoms with van der Waals surface area (Å²) in [6, 6.07) is 13.3. The Balaban J connectivity index is 1.15. The number of benzene rings is 1. The molecule has 174 valence electrons. The zero-order valence-electron chi connectivity index (χ0n) is 19.5. The smallest absolute Gasteiger partial charge is 0.253 e. The second-order valence-electron chi connectivity index (χ2n) is 9.43. The predicted molar refractivity (Wildman–Crippen MR) is 131 cm³/mol. The highest BCUT2D eigenvalue weighted by molar-refractivity contribution is 5.94. The van der Waals surface area contributed by atoms with Crippen molar-refractivity contribution >= 4 is 16.8 Å². The number of piperidine rings is 1. The van der Waals surface area contributed by atoms with Crippen LogP contribution in [-0.2, 0) is 0 Å². The molecule has 1 aromatic carbocycles. The van der Waals surface area contributed by atoms with Crippen LogP contribution in [-0.4, -0.2) is 64.1 Å². The lowest BCUT2D eigenvalue weighted by molar-refractivity contribution is 0.0696. The summed E-state index contributed by atoms with van der Waals surface area (Å²) in [6.07, 6.45) is 11.2. The summed E-state index contributed by atoms with van der Waals surface area (Å²) in [5, 5.41) is 1.22. The van der Waals surface area contributed by atoms with E-state index >= 15 is 0 Å². The van der Waals surface area contributed by atoms with Gasteiger partial charge in [0.2, 0.25) is 0 Å². The average Bonchev–Trinajstić information content (AvgIpc) is 3.47. The van der Waals surface area contributed by atoms with Gasteiger partial charge in [-0.1, -0.05) is 0 Å². The molecule has 2 aromatic heterocycles. The van der Waals surface area contributed by atoms with Gasteiger partial charge in [0.1, 0.15) is 5.75 Å². The molecule has 2 fully saturated rings. The van der Waals surface area contributed by atoms with Crippen LogP contribution in [0.4, 0.5) is 0 Å². The van der Waals surface area contributed by atoms with Crippen molar-refractivity contribution in [2.24, 2.45) is 0 Å². The highest BCUT2D eigenvalue weighted by atomic mass is 16.5. The average molecular weight is 447 g/mol. The van der Waals surface area contributed by atoms with Crippen molar-refractivity contribution in [2.45, 2.75) is 51.1 Å². The van der Waals surface area contributed by atoms with E-state index < -0.39 is 0 Å². The van der Waals surface area contributed by atoms with Gasteiger partial charge in [-0.05, 0) is 82.0 Å². The fourth-order valence-electron chi connectivity index (χ4n) is 5.36. The molecule has 3 aromatic rings. The minimum atomic E-state index is 0.106. The van der Waals surface area contributed by atoms with E-state index in [0.717, 1.165) is 62.9 Å². The van der Waals surface area contributed by atoms with E-state index in [4.69, 9.17) is 4.74 Å². The summed E-state index contributed by atoms with van der Waals surface area (Å²) in [5.41, 5.74) is 1.96. The molecule has 4 heterocycles. The number of likely N-dealkylation sites (tertiary alicyclic amines) is 2. The van der Waals surface area contributed by atoms with Crippen molar-refractivity contribution in [1.82, 2.24) is 19.4 Å². The number of nitrogens with zero attached hydrogens (tertiary/aromatic N) is 4. The Labute approximate surface area is 196 Å². The number of amides is 1. The third kappa shape index (κ3) is 4.91. The number of hydrogen-bond donors (Lipinski definition) is 0. The van der Waals surface area contributed by atoms with E-state index in [1.54, 1.807) is 24.5 Å². The highest BCUT2D eigenvalue weighted by Gasteiger charge is 2.25. The molecule has 2 saturated heterocycles. The molecule has 2 aliphatic rings. The molecule has 0 bridgehead atoms. The van der Waals surface area contributed by atoms with Gasteiger partial charge >= 0.3 is 0 Å². The molecule has 6 nitrogen and oxygen atoms in total. The van der Waals surface area contributed by atoms with Gasteiger partial charge in [-0.3, -0.25) is 9.78 Å². The number of pyridine rings is 1. The van der Waals surface area contributed by atoms with Crippen LogP contribution in [0.5, 0.6) is 5.75 Å². The molecule has 1 atom stereocenters. The zero-order chi connectivity index (χ0) is 22.6. The predicted octanol–water partition coefficient (Wildman–Crippen LogP) is 4.77. The van der Waals surface area contributed by atoms with Crippen molar-refractivity contribution in [1.29, 1.82) is 0 Å². The number of ether oxygens (including phenoxy) is 1. The van der Waals surface area contributed by atoms with Crippen molar-refractivity contribution < 1.29 is 9.53 Å². The number of rotatable bonds is 7. The summed E-state index contributed by atoms with van der Waals surface area (Å²) in [7, 11) is 0. The molecular weight excluding hydrogens is 412 g/mol. The minimum Gasteiger partial charge on any atom is -0.494 e. The molecule has 0 saturated carbocycles. The molecule has 1 amide bonds. The monoisotopic (exact) mass is 446 g/mol. The van der Waals surface area contributed by atoms with E-state index in [-0.39, 0.29) is 5.91 Å². The molecular formula is C27H34N4O2. The maximum atomic E-state index is 12.7. The number of carbonyl (C=O) groups is 1. The van der Waals surface area contributed by atoms with Crippen LogP contribution in [0, 0.1) is 0 Å². The third-order valence-corrected chi connectivity index (χ3v) is 7.31. The van der Waals surface area contributed by atoms with E-state index in [9.17, 15) is 4.79 Å². The van der Waals surface area contributed by atoms with Crippen LogP contribution in [0.1, 0.15) is 55.4 Å². The lowest BCUT2D eigenvalue weighted by Gasteiger charge is -2.33. The van der Waals surface area contributed by atoms with Crippen LogP contribution in [0.25, 0.3) is 10.9 Å². The summed E-state index contributed by atoms with van der Waals surface area (Å²) in [5.74, 6) is 1.06. The number of hydrogen-bond acceptors (Lipinski definition) is 4. The van der Waals surface area contributed by atoms with E-state index in [2.05, 4.69) is 51.8 Å². The second-order valence-corrected chi connectivity index (χ2v) is 9.43. The molecule has 6 heteroatoms. The molecule has 0 radical (unpaired) electrons. The van der Waals surface area contributed by atoms with Gasteiger partial charge in [-0.15, -0.1) is 0 Å². The first kappa shape index (κ1) is 22.0. The molecule has 33 heavy (non-hydrogen) atoms. The first-order chi connectivity index (χ1) is 16.2. The van der Waals surface area contributed by atoms with E-state index in [1.807, 2.05) is 4.90 Å². The third-order valence-electron chi connectivity index (χ3n) is 7.31. The Morgan fingerprint density at radius 1 is 1.06 bits per heavy atom. The van der Waals surface area contributed by atoms with Crippen LogP contribution in [0.2, 0.25) is 0 Å². The van der Waals surface area contributed by atoms with E-state index in [0.29, 0.717) is 6.04 Å². The van der Waals surface area contributed by atoms with Crippen LogP contribution in [0.15, 0.2) is 55.0 Å². The normalized spacial score (nSPS) is 19.9. The Kier molecular flexibility index (Phi) is 6.63. The first-order valence-electron chi connectivity index (χ1n) is 12.4. The Hall–Kier alpha value is -2.86. The second kappa shape index (κ2) is 9.96. The van der Waals surface area contributed by atoms with Crippen LogP contribution >= 0.6 is 0 Å². The fraction of sp³-hybridized carbons (Fsp3) is 0.481. The Morgan fingerprint density at radius 3 is 2.64 bits per heavy atom. The topological polar surface area (TPSA) is 50.6 Å². The fourth-order valence-corrected chi connectivity index (χ4v) is 5.36. The lowest BCUT2D eigenvalue weighted by Crippen LogP contribution is -2.39. The van der Waals surface area contributed by atoms with Crippen molar-refractivity contribution in [2.75, 3.05) is 32.8 Å². The molecule has 0 aliphatic carbocycles.